The van der Waals surface area contributed by atoms with Crippen LogP contribution in [0.2, 0.25) is 0 Å². The van der Waals surface area contributed by atoms with Crippen molar-refractivity contribution in [2.45, 2.75) is 20.3 Å². The van der Waals surface area contributed by atoms with Crippen molar-refractivity contribution in [2.75, 3.05) is 24.9 Å². The number of methoxy groups -OCH3 is 2. The number of aryl methyl sites for hydroxylation is 2. The van der Waals surface area contributed by atoms with E-state index in [9.17, 15) is 9.59 Å². The molecule has 0 radical (unpaired) electrons. The van der Waals surface area contributed by atoms with Gasteiger partial charge in [0.2, 0.25) is 5.91 Å². The molecule has 30 heavy (non-hydrogen) atoms. The summed E-state index contributed by atoms with van der Waals surface area (Å²) >= 11 is 1.26. The molecule has 0 aliphatic heterocycles. The van der Waals surface area contributed by atoms with Gasteiger partial charge in [0.1, 0.15) is 11.5 Å². The number of amides is 2. The van der Waals surface area contributed by atoms with Gasteiger partial charge in [0.05, 0.1) is 26.3 Å². The van der Waals surface area contributed by atoms with E-state index in [4.69, 9.17) is 9.47 Å². The SMILES string of the molecule is COc1cc(OC)cc(C(=O)Nc2nc(CC(=O)Nc3cc(C)cc(C)c3)cs2)c1. The molecule has 0 aliphatic rings. The van der Waals surface area contributed by atoms with Crippen LogP contribution in [0.15, 0.2) is 41.8 Å². The van der Waals surface area contributed by atoms with E-state index < -0.39 is 0 Å². The minimum atomic E-state index is -0.340. The second kappa shape index (κ2) is 9.41. The number of rotatable bonds is 7. The van der Waals surface area contributed by atoms with E-state index in [0.717, 1.165) is 16.8 Å². The van der Waals surface area contributed by atoms with Gasteiger partial charge >= 0.3 is 0 Å². The number of hydrogen-bond donors (Lipinski definition) is 2. The molecule has 0 unspecified atom stereocenters. The molecular weight excluding hydrogens is 402 g/mol. The summed E-state index contributed by atoms with van der Waals surface area (Å²) in [5.74, 6) is 0.526. The Morgan fingerprint density at radius 3 is 2.17 bits per heavy atom. The summed E-state index contributed by atoms with van der Waals surface area (Å²) in [6, 6.07) is 10.8. The third-order valence-corrected chi connectivity index (χ3v) is 5.04. The number of aromatic nitrogens is 1. The fraction of sp³-hybridized carbons (Fsp3) is 0.227. The maximum Gasteiger partial charge on any atom is 0.257 e. The normalized spacial score (nSPS) is 10.4. The zero-order valence-corrected chi connectivity index (χ0v) is 18.1. The van der Waals surface area contributed by atoms with Gasteiger partial charge in [-0.15, -0.1) is 11.3 Å². The number of nitrogens with one attached hydrogen (secondary N) is 2. The summed E-state index contributed by atoms with van der Waals surface area (Å²) in [5.41, 5.74) is 3.89. The number of ether oxygens (including phenoxy) is 2. The highest BCUT2D eigenvalue weighted by molar-refractivity contribution is 7.14. The first-order valence-corrected chi connectivity index (χ1v) is 10.1. The Labute approximate surface area is 179 Å². The van der Waals surface area contributed by atoms with Crippen LogP contribution in [-0.4, -0.2) is 31.0 Å². The van der Waals surface area contributed by atoms with Crippen molar-refractivity contribution in [3.05, 3.63) is 64.2 Å². The van der Waals surface area contributed by atoms with Crippen LogP contribution < -0.4 is 20.1 Å². The lowest BCUT2D eigenvalue weighted by atomic mass is 10.1. The molecule has 3 rings (SSSR count). The summed E-state index contributed by atoms with van der Waals surface area (Å²) in [4.78, 5) is 29.2. The molecule has 0 saturated carbocycles. The molecule has 7 nitrogen and oxygen atoms in total. The van der Waals surface area contributed by atoms with Crippen LogP contribution in [0.5, 0.6) is 11.5 Å². The Kier molecular flexibility index (Phi) is 6.68. The molecule has 3 aromatic rings. The number of carbonyl (C=O) groups is 2. The Bertz CT molecular complexity index is 1040. The molecule has 0 aliphatic carbocycles. The number of anilines is 2. The lowest BCUT2D eigenvalue weighted by Crippen LogP contribution is -2.15. The highest BCUT2D eigenvalue weighted by Crippen LogP contribution is 2.24. The highest BCUT2D eigenvalue weighted by Gasteiger charge is 2.14. The number of hydrogen-bond acceptors (Lipinski definition) is 6. The molecule has 2 N–H and O–H groups in total. The Hall–Kier alpha value is -3.39. The number of benzene rings is 2. The summed E-state index contributed by atoms with van der Waals surface area (Å²) in [7, 11) is 3.04. The first-order chi connectivity index (χ1) is 14.4. The van der Waals surface area contributed by atoms with Crippen molar-refractivity contribution >= 4 is 34.0 Å². The predicted octanol–water partition coefficient (Wildman–Crippen LogP) is 4.21. The third kappa shape index (κ3) is 5.57. The minimum Gasteiger partial charge on any atom is -0.497 e. The van der Waals surface area contributed by atoms with Crippen molar-refractivity contribution in [1.29, 1.82) is 0 Å². The van der Waals surface area contributed by atoms with Gasteiger partial charge in [-0.1, -0.05) is 6.07 Å². The summed E-state index contributed by atoms with van der Waals surface area (Å²) in [6.45, 7) is 3.96. The number of thiazole rings is 1. The van der Waals surface area contributed by atoms with Crippen LogP contribution in [0.4, 0.5) is 10.8 Å². The molecule has 0 atom stereocenters. The van der Waals surface area contributed by atoms with Crippen molar-refractivity contribution in [3.63, 3.8) is 0 Å². The molecule has 0 saturated heterocycles. The van der Waals surface area contributed by atoms with E-state index in [1.165, 1.54) is 25.6 Å². The number of nitrogens with zero attached hydrogens (tertiary/aromatic N) is 1. The molecule has 0 spiro atoms. The minimum absolute atomic E-state index is 0.117. The van der Waals surface area contributed by atoms with Crippen LogP contribution in [0, 0.1) is 13.8 Å². The first-order valence-electron chi connectivity index (χ1n) is 9.23. The van der Waals surface area contributed by atoms with Gasteiger partial charge in [0.25, 0.3) is 5.91 Å². The summed E-state index contributed by atoms with van der Waals surface area (Å²) in [6.07, 6.45) is 0.117. The standard InChI is InChI=1S/C22H23N3O4S/c1-13-5-14(2)7-16(6-13)23-20(26)10-17-12-30-22(24-17)25-21(27)15-8-18(28-3)11-19(9-15)29-4/h5-9,11-12H,10H2,1-4H3,(H,23,26)(H,24,25,27). The Morgan fingerprint density at radius 2 is 1.57 bits per heavy atom. The van der Waals surface area contributed by atoms with Gasteiger partial charge in [0.15, 0.2) is 5.13 Å². The maximum absolute atomic E-state index is 12.6. The molecule has 8 heteroatoms. The molecular formula is C22H23N3O4S. The monoisotopic (exact) mass is 425 g/mol. The van der Waals surface area contributed by atoms with Gasteiger partial charge in [-0.2, -0.15) is 0 Å². The summed E-state index contributed by atoms with van der Waals surface area (Å²) < 4.78 is 10.4. The maximum atomic E-state index is 12.6. The molecule has 0 bridgehead atoms. The largest absolute Gasteiger partial charge is 0.497 e. The zero-order valence-electron chi connectivity index (χ0n) is 17.2. The van der Waals surface area contributed by atoms with Crippen LogP contribution in [0.3, 0.4) is 0 Å². The second-order valence-electron chi connectivity index (χ2n) is 6.80. The van der Waals surface area contributed by atoms with Gasteiger partial charge < -0.3 is 14.8 Å². The summed E-state index contributed by atoms with van der Waals surface area (Å²) in [5, 5.41) is 7.79. The van der Waals surface area contributed by atoms with Gasteiger partial charge in [-0.3, -0.25) is 14.9 Å². The topological polar surface area (TPSA) is 89.6 Å². The van der Waals surface area contributed by atoms with Crippen LogP contribution in [-0.2, 0) is 11.2 Å². The van der Waals surface area contributed by atoms with E-state index in [2.05, 4.69) is 15.6 Å². The van der Waals surface area contributed by atoms with Gasteiger partial charge in [-0.05, 0) is 49.2 Å². The molecule has 0 fully saturated rings. The first kappa shape index (κ1) is 21.3. The molecule has 2 amide bonds. The molecule has 1 aromatic heterocycles. The fourth-order valence-electron chi connectivity index (χ4n) is 2.97. The Morgan fingerprint density at radius 1 is 0.933 bits per heavy atom. The van der Waals surface area contributed by atoms with E-state index in [1.807, 2.05) is 32.0 Å². The average molecular weight is 426 g/mol. The molecule has 2 aromatic carbocycles. The smallest absolute Gasteiger partial charge is 0.257 e. The second-order valence-corrected chi connectivity index (χ2v) is 7.66. The van der Waals surface area contributed by atoms with E-state index in [1.54, 1.807) is 23.6 Å². The van der Waals surface area contributed by atoms with Gasteiger partial charge in [0, 0.05) is 22.7 Å². The van der Waals surface area contributed by atoms with Crippen molar-refractivity contribution < 1.29 is 19.1 Å². The Balaban J connectivity index is 1.63. The molecule has 156 valence electrons. The fourth-order valence-corrected chi connectivity index (χ4v) is 3.68. The quantitative estimate of drug-likeness (QED) is 0.592. The van der Waals surface area contributed by atoms with Crippen molar-refractivity contribution in [1.82, 2.24) is 4.98 Å². The number of carbonyl (C=O) groups excluding carboxylic acids is 2. The van der Waals surface area contributed by atoms with E-state index in [-0.39, 0.29) is 18.2 Å². The zero-order chi connectivity index (χ0) is 21.7. The highest BCUT2D eigenvalue weighted by atomic mass is 32.1. The van der Waals surface area contributed by atoms with E-state index in [0.29, 0.717) is 27.9 Å². The van der Waals surface area contributed by atoms with Crippen LogP contribution in [0.25, 0.3) is 0 Å². The lowest BCUT2D eigenvalue weighted by molar-refractivity contribution is -0.115. The van der Waals surface area contributed by atoms with Crippen molar-refractivity contribution in [3.8, 4) is 11.5 Å². The average Bonchev–Trinajstić information content (AvgIpc) is 3.13. The predicted molar refractivity (Wildman–Crippen MR) is 118 cm³/mol. The third-order valence-electron chi connectivity index (χ3n) is 4.23. The van der Waals surface area contributed by atoms with Crippen LogP contribution in [0.1, 0.15) is 27.2 Å². The van der Waals surface area contributed by atoms with Crippen LogP contribution >= 0.6 is 11.3 Å². The van der Waals surface area contributed by atoms with Gasteiger partial charge in [-0.25, -0.2) is 4.98 Å². The molecule has 1 heterocycles. The lowest BCUT2D eigenvalue weighted by Gasteiger charge is -2.08. The van der Waals surface area contributed by atoms with E-state index >= 15 is 0 Å². The van der Waals surface area contributed by atoms with Crippen molar-refractivity contribution in [2.24, 2.45) is 0 Å².